The van der Waals surface area contributed by atoms with Gasteiger partial charge in [-0.25, -0.2) is 4.98 Å². The van der Waals surface area contributed by atoms with Gasteiger partial charge in [0.1, 0.15) is 17.7 Å². The third-order valence-corrected chi connectivity index (χ3v) is 1.94. The molecule has 0 radical (unpaired) electrons. The zero-order valence-electron chi connectivity index (χ0n) is 7.69. The SMILES string of the molecule is Cc1nc(-c2ccc(O)c(N)c2)co1. The Kier molecular flexibility index (Phi) is 1.89. The van der Waals surface area contributed by atoms with E-state index in [-0.39, 0.29) is 5.75 Å². The molecule has 2 aromatic rings. The minimum atomic E-state index is 0.0777. The molecule has 0 amide bonds. The standard InChI is InChI=1S/C10H10N2O2/c1-6-12-9(5-14-6)7-2-3-10(13)8(11)4-7/h2-5,13H,11H2,1H3. The van der Waals surface area contributed by atoms with Crippen molar-refractivity contribution in [3.05, 3.63) is 30.4 Å². The van der Waals surface area contributed by atoms with Crippen LogP contribution in [0.25, 0.3) is 11.3 Å². The summed E-state index contributed by atoms with van der Waals surface area (Å²) in [6.45, 7) is 1.77. The van der Waals surface area contributed by atoms with Crippen molar-refractivity contribution in [1.29, 1.82) is 0 Å². The van der Waals surface area contributed by atoms with Gasteiger partial charge in [0.2, 0.25) is 0 Å². The van der Waals surface area contributed by atoms with Crippen LogP contribution < -0.4 is 5.73 Å². The van der Waals surface area contributed by atoms with Crippen LogP contribution in [-0.2, 0) is 0 Å². The van der Waals surface area contributed by atoms with E-state index in [1.165, 1.54) is 6.07 Å². The Hall–Kier alpha value is -1.97. The normalized spacial score (nSPS) is 10.4. The first-order valence-electron chi connectivity index (χ1n) is 4.18. The van der Waals surface area contributed by atoms with Gasteiger partial charge in [0.05, 0.1) is 5.69 Å². The van der Waals surface area contributed by atoms with Crippen molar-refractivity contribution in [2.75, 3.05) is 5.73 Å². The number of nitrogen functional groups attached to an aromatic ring is 1. The predicted octanol–water partition coefficient (Wildman–Crippen LogP) is 1.94. The van der Waals surface area contributed by atoms with Crippen molar-refractivity contribution in [2.24, 2.45) is 0 Å². The highest BCUT2D eigenvalue weighted by Crippen LogP contribution is 2.26. The lowest BCUT2D eigenvalue weighted by molar-refractivity contribution is 0.478. The third kappa shape index (κ3) is 1.42. The molecule has 1 aromatic carbocycles. The molecule has 14 heavy (non-hydrogen) atoms. The number of aromatic hydroxyl groups is 1. The van der Waals surface area contributed by atoms with Gasteiger partial charge >= 0.3 is 0 Å². The van der Waals surface area contributed by atoms with E-state index in [4.69, 9.17) is 10.2 Å². The fourth-order valence-corrected chi connectivity index (χ4v) is 1.21. The molecule has 3 N–H and O–H groups in total. The molecular weight excluding hydrogens is 180 g/mol. The summed E-state index contributed by atoms with van der Waals surface area (Å²) in [6.07, 6.45) is 1.56. The van der Waals surface area contributed by atoms with Crippen molar-refractivity contribution < 1.29 is 9.52 Å². The average molecular weight is 190 g/mol. The summed E-state index contributed by atoms with van der Waals surface area (Å²) in [7, 11) is 0. The van der Waals surface area contributed by atoms with Gasteiger partial charge in [-0.15, -0.1) is 0 Å². The van der Waals surface area contributed by atoms with Crippen LogP contribution in [0.1, 0.15) is 5.89 Å². The van der Waals surface area contributed by atoms with E-state index in [0.717, 1.165) is 5.56 Å². The lowest BCUT2D eigenvalue weighted by Gasteiger charge is -2.00. The summed E-state index contributed by atoms with van der Waals surface area (Å²) >= 11 is 0. The molecule has 1 heterocycles. The maximum atomic E-state index is 9.23. The monoisotopic (exact) mass is 190 g/mol. The smallest absolute Gasteiger partial charge is 0.191 e. The number of nitrogens with zero attached hydrogens (tertiary/aromatic N) is 1. The highest BCUT2D eigenvalue weighted by atomic mass is 16.3. The molecule has 2 rings (SSSR count). The first-order valence-corrected chi connectivity index (χ1v) is 4.18. The molecule has 0 fully saturated rings. The van der Waals surface area contributed by atoms with Crippen LogP contribution in [0.2, 0.25) is 0 Å². The van der Waals surface area contributed by atoms with Gasteiger partial charge in [0.25, 0.3) is 0 Å². The number of hydrogen-bond acceptors (Lipinski definition) is 4. The van der Waals surface area contributed by atoms with Gasteiger partial charge in [0, 0.05) is 12.5 Å². The van der Waals surface area contributed by atoms with Gasteiger partial charge in [-0.1, -0.05) is 0 Å². The Balaban J connectivity index is 2.47. The third-order valence-electron chi connectivity index (χ3n) is 1.94. The molecule has 4 heteroatoms. The van der Waals surface area contributed by atoms with E-state index in [1.807, 2.05) is 0 Å². The second kappa shape index (κ2) is 3.06. The Morgan fingerprint density at radius 3 is 2.79 bits per heavy atom. The second-order valence-electron chi connectivity index (χ2n) is 3.03. The fraction of sp³-hybridized carbons (Fsp3) is 0.100. The number of aromatic nitrogens is 1. The number of benzene rings is 1. The van der Waals surface area contributed by atoms with Gasteiger partial charge in [-0.05, 0) is 18.2 Å². The number of hydrogen-bond donors (Lipinski definition) is 2. The van der Waals surface area contributed by atoms with E-state index in [1.54, 1.807) is 25.3 Å². The zero-order valence-corrected chi connectivity index (χ0v) is 7.69. The molecule has 72 valence electrons. The number of anilines is 1. The maximum absolute atomic E-state index is 9.23. The highest BCUT2D eigenvalue weighted by molar-refractivity contribution is 5.67. The van der Waals surface area contributed by atoms with Crippen molar-refractivity contribution in [3.63, 3.8) is 0 Å². The fourth-order valence-electron chi connectivity index (χ4n) is 1.21. The molecule has 0 unspecified atom stereocenters. The number of phenols is 1. The molecule has 0 saturated heterocycles. The van der Waals surface area contributed by atoms with Crippen molar-refractivity contribution in [2.45, 2.75) is 6.92 Å². The predicted molar refractivity (Wildman–Crippen MR) is 52.8 cm³/mol. The van der Waals surface area contributed by atoms with E-state index >= 15 is 0 Å². The minimum Gasteiger partial charge on any atom is -0.506 e. The van der Waals surface area contributed by atoms with Gasteiger partial charge in [-0.3, -0.25) is 0 Å². The quantitative estimate of drug-likeness (QED) is 0.532. The van der Waals surface area contributed by atoms with Crippen LogP contribution in [-0.4, -0.2) is 10.1 Å². The van der Waals surface area contributed by atoms with Gasteiger partial charge in [0.15, 0.2) is 5.89 Å². The van der Waals surface area contributed by atoms with E-state index in [0.29, 0.717) is 17.3 Å². The zero-order chi connectivity index (χ0) is 10.1. The van der Waals surface area contributed by atoms with Crippen LogP contribution in [0, 0.1) is 6.92 Å². The van der Waals surface area contributed by atoms with Crippen LogP contribution >= 0.6 is 0 Å². The molecule has 0 spiro atoms. The summed E-state index contributed by atoms with van der Waals surface area (Å²) in [4.78, 5) is 4.15. The lowest BCUT2D eigenvalue weighted by atomic mass is 10.1. The summed E-state index contributed by atoms with van der Waals surface area (Å²) in [6, 6.07) is 4.93. The number of aryl methyl sites for hydroxylation is 1. The second-order valence-corrected chi connectivity index (χ2v) is 3.03. The van der Waals surface area contributed by atoms with E-state index in [2.05, 4.69) is 4.98 Å². The minimum absolute atomic E-state index is 0.0777. The highest BCUT2D eigenvalue weighted by Gasteiger charge is 2.05. The average Bonchev–Trinajstić information content (AvgIpc) is 2.57. The van der Waals surface area contributed by atoms with Gasteiger partial charge < -0.3 is 15.3 Å². The number of rotatable bonds is 1. The van der Waals surface area contributed by atoms with E-state index < -0.39 is 0 Å². The largest absolute Gasteiger partial charge is 0.506 e. The Bertz CT molecular complexity index is 463. The van der Waals surface area contributed by atoms with Crippen LogP contribution in [0.4, 0.5) is 5.69 Å². The number of phenolic OH excluding ortho intramolecular Hbond substituents is 1. The van der Waals surface area contributed by atoms with E-state index in [9.17, 15) is 5.11 Å². The summed E-state index contributed by atoms with van der Waals surface area (Å²) in [5.41, 5.74) is 7.44. The van der Waals surface area contributed by atoms with Gasteiger partial charge in [-0.2, -0.15) is 0 Å². The molecule has 0 aliphatic carbocycles. The molecule has 0 aliphatic rings. The van der Waals surface area contributed by atoms with Crippen molar-refractivity contribution in [1.82, 2.24) is 4.98 Å². The molecule has 0 aliphatic heterocycles. The van der Waals surface area contributed by atoms with Crippen LogP contribution in [0.3, 0.4) is 0 Å². The lowest BCUT2D eigenvalue weighted by Crippen LogP contribution is -1.86. The molecule has 0 atom stereocenters. The number of nitrogens with two attached hydrogens (primary N) is 1. The first-order chi connectivity index (χ1) is 6.66. The molecular formula is C10H10N2O2. The van der Waals surface area contributed by atoms with Crippen molar-refractivity contribution in [3.8, 4) is 17.0 Å². The maximum Gasteiger partial charge on any atom is 0.191 e. The molecule has 0 saturated carbocycles. The Morgan fingerprint density at radius 2 is 2.21 bits per heavy atom. The molecule has 1 aromatic heterocycles. The first kappa shape index (κ1) is 8.62. The topological polar surface area (TPSA) is 72.3 Å². The van der Waals surface area contributed by atoms with Crippen LogP contribution in [0.5, 0.6) is 5.75 Å². The Morgan fingerprint density at radius 1 is 1.43 bits per heavy atom. The summed E-state index contributed by atoms with van der Waals surface area (Å²) in [5.74, 6) is 0.681. The number of oxazole rings is 1. The Labute approximate surface area is 81.0 Å². The van der Waals surface area contributed by atoms with Crippen LogP contribution in [0.15, 0.2) is 28.9 Å². The van der Waals surface area contributed by atoms with Crippen molar-refractivity contribution >= 4 is 5.69 Å². The summed E-state index contributed by atoms with van der Waals surface area (Å²) in [5, 5.41) is 9.23. The molecule has 0 bridgehead atoms. The summed E-state index contributed by atoms with van der Waals surface area (Å²) < 4.78 is 5.07. The molecule has 4 nitrogen and oxygen atoms in total.